The summed E-state index contributed by atoms with van der Waals surface area (Å²) in [6.07, 6.45) is 2.25. The van der Waals surface area contributed by atoms with Crippen LogP contribution in [0.5, 0.6) is 0 Å². The summed E-state index contributed by atoms with van der Waals surface area (Å²) in [5.74, 6) is -0.752. The molecular weight excluding hydrogens is 311 g/mol. The molecule has 0 bridgehead atoms. The van der Waals surface area contributed by atoms with E-state index in [0.717, 1.165) is 19.4 Å². The van der Waals surface area contributed by atoms with E-state index in [4.69, 9.17) is 0 Å². The van der Waals surface area contributed by atoms with Gasteiger partial charge in [0.2, 0.25) is 0 Å². The molecule has 5 heteroatoms. The number of likely N-dealkylation sites (tertiary alicyclic amines) is 1. The van der Waals surface area contributed by atoms with E-state index in [1.165, 1.54) is 6.07 Å². The quantitative estimate of drug-likeness (QED) is 0.851. The SMILES string of the molecule is CN(CC1CCCN1C)C(=O)c1cccc(Br)c1F. The van der Waals surface area contributed by atoms with E-state index in [1.54, 1.807) is 24.1 Å². The maximum absolute atomic E-state index is 13.9. The monoisotopic (exact) mass is 328 g/mol. The van der Waals surface area contributed by atoms with Gasteiger partial charge in [0.25, 0.3) is 5.91 Å². The lowest BCUT2D eigenvalue weighted by Crippen LogP contribution is -2.39. The van der Waals surface area contributed by atoms with Gasteiger partial charge in [0.1, 0.15) is 5.82 Å². The maximum Gasteiger partial charge on any atom is 0.256 e. The zero-order valence-corrected chi connectivity index (χ0v) is 12.8. The number of hydrogen-bond donors (Lipinski definition) is 0. The van der Waals surface area contributed by atoms with Crippen molar-refractivity contribution in [1.82, 2.24) is 9.80 Å². The third kappa shape index (κ3) is 3.15. The molecule has 1 aliphatic heterocycles. The molecule has 0 spiro atoms. The van der Waals surface area contributed by atoms with Crippen LogP contribution in [-0.2, 0) is 0 Å². The average molecular weight is 329 g/mol. The predicted molar refractivity (Wildman–Crippen MR) is 76.7 cm³/mol. The van der Waals surface area contributed by atoms with Gasteiger partial charge in [-0.2, -0.15) is 0 Å². The van der Waals surface area contributed by atoms with Crippen LogP contribution in [-0.4, -0.2) is 48.9 Å². The number of carbonyl (C=O) groups excluding carboxylic acids is 1. The van der Waals surface area contributed by atoms with Crippen molar-refractivity contribution >= 4 is 21.8 Å². The molecule has 19 heavy (non-hydrogen) atoms. The summed E-state index contributed by atoms with van der Waals surface area (Å²) in [6.45, 7) is 1.71. The smallest absolute Gasteiger partial charge is 0.256 e. The Kier molecular flexibility index (Phi) is 4.58. The molecule has 1 aromatic rings. The third-order valence-corrected chi connectivity index (χ3v) is 4.30. The lowest BCUT2D eigenvalue weighted by Gasteiger charge is -2.26. The average Bonchev–Trinajstić information content (AvgIpc) is 2.77. The van der Waals surface area contributed by atoms with Crippen LogP contribution >= 0.6 is 15.9 Å². The van der Waals surface area contributed by atoms with Gasteiger partial charge in [0, 0.05) is 19.6 Å². The first kappa shape index (κ1) is 14.5. The summed E-state index contributed by atoms with van der Waals surface area (Å²) >= 11 is 3.11. The van der Waals surface area contributed by atoms with E-state index >= 15 is 0 Å². The van der Waals surface area contributed by atoms with Gasteiger partial charge in [-0.3, -0.25) is 4.79 Å². The number of halogens is 2. The molecule has 3 nitrogen and oxygen atoms in total. The summed E-state index contributed by atoms with van der Waals surface area (Å²) < 4.78 is 14.2. The van der Waals surface area contributed by atoms with Crippen LogP contribution in [0.4, 0.5) is 4.39 Å². The Labute approximate surface area is 121 Å². The predicted octanol–water partition coefficient (Wildman–Crippen LogP) is 2.75. The van der Waals surface area contributed by atoms with Crippen LogP contribution in [0.25, 0.3) is 0 Å². The van der Waals surface area contributed by atoms with Crippen LogP contribution in [0.2, 0.25) is 0 Å². The van der Waals surface area contributed by atoms with Crippen molar-refractivity contribution in [2.45, 2.75) is 18.9 Å². The topological polar surface area (TPSA) is 23.6 Å². The minimum atomic E-state index is -0.487. The maximum atomic E-state index is 13.9. The zero-order valence-electron chi connectivity index (χ0n) is 11.2. The normalized spacial score (nSPS) is 19.7. The Morgan fingerprint density at radius 1 is 1.58 bits per heavy atom. The van der Waals surface area contributed by atoms with E-state index < -0.39 is 5.82 Å². The highest BCUT2D eigenvalue weighted by atomic mass is 79.9. The van der Waals surface area contributed by atoms with Crippen LogP contribution in [0.15, 0.2) is 22.7 Å². The molecule has 1 saturated heterocycles. The number of nitrogens with zero attached hydrogens (tertiary/aromatic N) is 2. The van der Waals surface area contributed by atoms with Crippen molar-refractivity contribution in [2.75, 3.05) is 27.2 Å². The van der Waals surface area contributed by atoms with Crippen molar-refractivity contribution < 1.29 is 9.18 Å². The standard InChI is InChI=1S/C14H18BrFN2O/c1-17-8-4-5-10(17)9-18(2)14(19)11-6-3-7-12(15)13(11)16/h3,6-7,10H,4-5,8-9H2,1-2H3. The fourth-order valence-electron chi connectivity index (χ4n) is 2.48. The van der Waals surface area contributed by atoms with E-state index in [0.29, 0.717) is 17.1 Å². The highest BCUT2D eigenvalue weighted by molar-refractivity contribution is 9.10. The molecule has 1 atom stereocenters. The van der Waals surface area contributed by atoms with Crippen molar-refractivity contribution in [2.24, 2.45) is 0 Å². The van der Waals surface area contributed by atoms with Gasteiger partial charge in [0.05, 0.1) is 10.0 Å². The Bertz CT molecular complexity index is 481. The first-order valence-electron chi connectivity index (χ1n) is 6.40. The van der Waals surface area contributed by atoms with Gasteiger partial charge in [-0.1, -0.05) is 6.07 Å². The Morgan fingerprint density at radius 2 is 2.32 bits per heavy atom. The number of benzene rings is 1. The molecular formula is C14H18BrFN2O. The minimum Gasteiger partial charge on any atom is -0.340 e. The first-order valence-corrected chi connectivity index (χ1v) is 7.19. The zero-order chi connectivity index (χ0) is 14.0. The number of hydrogen-bond acceptors (Lipinski definition) is 2. The Balaban J connectivity index is 2.08. The second-order valence-electron chi connectivity index (χ2n) is 5.06. The highest BCUT2D eigenvalue weighted by Crippen LogP contribution is 2.21. The van der Waals surface area contributed by atoms with Gasteiger partial charge >= 0.3 is 0 Å². The summed E-state index contributed by atoms with van der Waals surface area (Å²) in [4.78, 5) is 16.1. The van der Waals surface area contributed by atoms with Crippen LogP contribution < -0.4 is 0 Å². The van der Waals surface area contributed by atoms with Gasteiger partial charge in [-0.15, -0.1) is 0 Å². The van der Waals surface area contributed by atoms with E-state index in [1.807, 2.05) is 0 Å². The summed E-state index contributed by atoms with van der Waals surface area (Å²) in [6, 6.07) is 5.17. The molecule has 1 unspecified atom stereocenters. The lowest BCUT2D eigenvalue weighted by molar-refractivity contribution is 0.0756. The molecule has 2 rings (SSSR count). The van der Waals surface area contributed by atoms with Crippen molar-refractivity contribution in [1.29, 1.82) is 0 Å². The number of amides is 1. The van der Waals surface area contributed by atoms with E-state index in [2.05, 4.69) is 27.9 Å². The number of likely N-dealkylation sites (N-methyl/N-ethyl adjacent to an activating group) is 2. The third-order valence-electron chi connectivity index (χ3n) is 3.68. The second kappa shape index (κ2) is 6.01. The Morgan fingerprint density at radius 3 is 2.95 bits per heavy atom. The summed E-state index contributed by atoms with van der Waals surface area (Å²) in [7, 11) is 3.80. The first-order chi connectivity index (χ1) is 9.00. The van der Waals surface area contributed by atoms with Gasteiger partial charge in [-0.05, 0) is 54.5 Å². The van der Waals surface area contributed by atoms with Crippen LogP contribution in [0, 0.1) is 5.82 Å². The fourth-order valence-corrected chi connectivity index (χ4v) is 2.85. The molecule has 0 radical (unpaired) electrons. The molecule has 0 aliphatic carbocycles. The molecule has 1 heterocycles. The molecule has 1 aliphatic rings. The highest BCUT2D eigenvalue weighted by Gasteiger charge is 2.25. The van der Waals surface area contributed by atoms with Crippen LogP contribution in [0.1, 0.15) is 23.2 Å². The van der Waals surface area contributed by atoms with Crippen LogP contribution in [0.3, 0.4) is 0 Å². The fraction of sp³-hybridized carbons (Fsp3) is 0.500. The van der Waals surface area contributed by atoms with E-state index in [9.17, 15) is 9.18 Å². The number of carbonyl (C=O) groups is 1. The minimum absolute atomic E-state index is 0.123. The van der Waals surface area contributed by atoms with Gasteiger partial charge < -0.3 is 9.80 Å². The van der Waals surface area contributed by atoms with Crippen molar-refractivity contribution in [3.8, 4) is 0 Å². The molecule has 0 aromatic heterocycles. The second-order valence-corrected chi connectivity index (χ2v) is 5.92. The molecule has 1 aromatic carbocycles. The summed E-state index contributed by atoms with van der Waals surface area (Å²) in [5, 5.41) is 0. The van der Waals surface area contributed by atoms with Gasteiger partial charge in [-0.25, -0.2) is 4.39 Å². The Hall–Kier alpha value is -0.940. The molecule has 0 N–H and O–H groups in total. The molecule has 0 saturated carbocycles. The largest absolute Gasteiger partial charge is 0.340 e. The molecule has 104 valence electrons. The lowest BCUT2D eigenvalue weighted by atomic mass is 10.1. The molecule has 1 fully saturated rings. The number of rotatable bonds is 3. The summed E-state index contributed by atoms with van der Waals surface area (Å²) in [5.41, 5.74) is 0.123. The van der Waals surface area contributed by atoms with E-state index in [-0.39, 0.29) is 11.5 Å². The van der Waals surface area contributed by atoms with Crippen molar-refractivity contribution in [3.05, 3.63) is 34.1 Å². The molecule has 1 amide bonds. The van der Waals surface area contributed by atoms with Crippen molar-refractivity contribution in [3.63, 3.8) is 0 Å². The van der Waals surface area contributed by atoms with Gasteiger partial charge in [0.15, 0.2) is 0 Å².